The summed E-state index contributed by atoms with van der Waals surface area (Å²) in [5, 5.41) is 35.7. The van der Waals surface area contributed by atoms with Gasteiger partial charge in [0.2, 0.25) is 17.7 Å². The van der Waals surface area contributed by atoms with Crippen LogP contribution in [-0.4, -0.2) is 94.3 Å². The number of aromatic hydroxyl groups is 1. The van der Waals surface area contributed by atoms with Gasteiger partial charge in [-0.1, -0.05) is 12.1 Å². The van der Waals surface area contributed by atoms with E-state index in [1.165, 1.54) is 23.9 Å². The summed E-state index contributed by atoms with van der Waals surface area (Å²) in [5.41, 5.74) is 16.8. The lowest BCUT2D eigenvalue weighted by Gasteiger charge is -2.25. The van der Waals surface area contributed by atoms with Crippen molar-refractivity contribution in [1.29, 1.82) is 0 Å². The maximum Gasteiger partial charge on any atom is 0.326 e. The van der Waals surface area contributed by atoms with Gasteiger partial charge in [-0.05, 0) is 49.0 Å². The number of aliphatic hydroxyl groups excluding tert-OH is 1. The lowest BCUT2D eigenvalue weighted by molar-refractivity contribution is -0.142. The number of nitrogens with zero attached hydrogens (tertiary/aromatic N) is 1. The lowest BCUT2D eigenvalue weighted by Crippen LogP contribution is -2.58. The molecule has 0 heterocycles. The largest absolute Gasteiger partial charge is 0.508 e. The number of thioether (sulfide) groups is 1. The molecule has 0 bridgehead atoms. The number of phenols is 1. The van der Waals surface area contributed by atoms with Crippen LogP contribution >= 0.6 is 11.8 Å². The molecule has 0 aliphatic heterocycles. The molecular weight excluding hydrogens is 518 g/mol. The third-order valence-electron chi connectivity index (χ3n) is 5.35. The maximum absolute atomic E-state index is 13.3. The van der Waals surface area contributed by atoms with Crippen molar-refractivity contribution in [3.63, 3.8) is 0 Å². The Bertz CT molecular complexity index is 958. The van der Waals surface area contributed by atoms with Crippen molar-refractivity contribution in [2.75, 3.05) is 25.2 Å². The van der Waals surface area contributed by atoms with E-state index < -0.39 is 54.5 Å². The van der Waals surface area contributed by atoms with Crippen molar-refractivity contribution in [2.45, 2.75) is 49.9 Å². The third kappa shape index (κ3) is 12.1. The van der Waals surface area contributed by atoms with E-state index in [0.717, 1.165) is 0 Å². The number of carbonyl (C=O) groups is 4. The summed E-state index contributed by atoms with van der Waals surface area (Å²) < 4.78 is 0. The van der Waals surface area contributed by atoms with Gasteiger partial charge in [0.1, 0.15) is 29.9 Å². The molecule has 0 spiro atoms. The molecule has 12 N–H and O–H groups in total. The number of aliphatic carboxylic acids is 1. The number of aliphatic hydroxyl groups is 1. The van der Waals surface area contributed by atoms with Gasteiger partial charge in [-0.15, -0.1) is 0 Å². The number of carboxylic acid groups (broad SMARTS) is 1. The summed E-state index contributed by atoms with van der Waals surface area (Å²) in [5.74, 6) is -3.11. The Hall–Kier alpha value is -3.56. The van der Waals surface area contributed by atoms with Gasteiger partial charge >= 0.3 is 5.97 Å². The number of guanidine groups is 1. The smallest absolute Gasteiger partial charge is 0.326 e. The first-order chi connectivity index (χ1) is 18.0. The van der Waals surface area contributed by atoms with E-state index in [-0.39, 0.29) is 43.9 Å². The second-order valence-electron chi connectivity index (χ2n) is 8.41. The van der Waals surface area contributed by atoms with E-state index in [4.69, 9.17) is 17.2 Å². The first-order valence-corrected chi connectivity index (χ1v) is 13.2. The number of nitrogens with two attached hydrogens (primary N) is 3. The number of benzene rings is 1. The van der Waals surface area contributed by atoms with Crippen LogP contribution in [0.2, 0.25) is 0 Å². The van der Waals surface area contributed by atoms with Crippen LogP contribution in [0.5, 0.6) is 5.75 Å². The highest BCUT2D eigenvalue weighted by atomic mass is 32.2. The molecule has 4 unspecified atom stereocenters. The summed E-state index contributed by atoms with van der Waals surface area (Å²) in [6.45, 7) is -0.488. The van der Waals surface area contributed by atoms with Crippen molar-refractivity contribution in [1.82, 2.24) is 16.0 Å². The molecule has 3 amide bonds. The van der Waals surface area contributed by atoms with Gasteiger partial charge in [0, 0.05) is 13.0 Å². The predicted octanol–water partition coefficient (Wildman–Crippen LogP) is -2.40. The van der Waals surface area contributed by atoms with Crippen LogP contribution in [0.4, 0.5) is 0 Å². The molecular formula is C23H37N7O7S. The maximum atomic E-state index is 13.3. The number of hydrogen-bond acceptors (Lipinski definition) is 9. The number of nitrogens with one attached hydrogen (secondary N) is 3. The SMILES string of the molecule is CSCCC(NC(=O)C(CCCN=C(N)N)NC(=O)C(Cc1ccc(O)cc1)NC(=O)C(N)CO)C(=O)O. The summed E-state index contributed by atoms with van der Waals surface area (Å²) in [7, 11) is 0. The Morgan fingerprint density at radius 3 is 2.08 bits per heavy atom. The zero-order valence-electron chi connectivity index (χ0n) is 21.1. The predicted molar refractivity (Wildman–Crippen MR) is 143 cm³/mol. The normalized spacial score (nSPS) is 13.9. The minimum absolute atomic E-state index is 0.00746. The van der Waals surface area contributed by atoms with Gasteiger partial charge in [-0.25, -0.2) is 4.79 Å². The Morgan fingerprint density at radius 2 is 1.53 bits per heavy atom. The molecule has 212 valence electrons. The van der Waals surface area contributed by atoms with E-state index in [9.17, 15) is 34.5 Å². The Morgan fingerprint density at radius 1 is 0.947 bits per heavy atom. The quantitative estimate of drug-likeness (QED) is 0.0556. The number of hydrogen-bond donors (Lipinski definition) is 9. The molecule has 0 fully saturated rings. The highest BCUT2D eigenvalue weighted by molar-refractivity contribution is 7.98. The monoisotopic (exact) mass is 555 g/mol. The van der Waals surface area contributed by atoms with Gasteiger partial charge < -0.3 is 48.5 Å². The van der Waals surface area contributed by atoms with Crippen molar-refractivity contribution < 1.29 is 34.5 Å². The number of phenolic OH excluding ortho intramolecular Hbond substituents is 1. The zero-order valence-corrected chi connectivity index (χ0v) is 21.9. The van der Waals surface area contributed by atoms with E-state index in [2.05, 4.69) is 20.9 Å². The summed E-state index contributed by atoms with van der Waals surface area (Å²) in [6.07, 6.45) is 2.31. The van der Waals surface area contributed by atoms with E-state index in [1.807, 2.05) is 0 Å². The van der Waals surface area contributed by atoms with E-state index >= 15 is 0 Å². The molecule has 38 heavy (non-hydrogen) atoms. The molecule has 0 radical (unpaired) electrons. The standard InChI is InChI=1S/C23H37N7O7S/c1-38-10-8-17(22(36)37)29-20(34)16(3-2-9-27-23(25)26)28-21(35)18(30-19(33)15(24)12-31)11-13-4-6-14(32)7-5-13/h4-7,15-18,31-32H,2-3,8-12,24H2,1H3,(H,28,35)(H,29,34)(H,30,33)(H,36,37)(H4,25,26,27). The Kier molecular flexibility index (Phi) is 14.6. The lowest BCUT2D eigenvalue weighted by atomic mass is 10.0. The van der Waals surface area contributed by atoms with Crippen molar-refractivity contribution in [3.8, 4) is 5.75 Å². The molecule has 1 aromatic rings. The highest BCUT2D eigenvalue weighted by Crippen LogP contribution is 2.12. The topological polar surface area (TPSA) is 255 Å². The molecule has 4 atom stereocenters. The summed E-state index contributed by atoms with van der Waals surface area (Å²) in [6, 6.07) is 1.10. The molecule has 15 heteroatoms. The Balaban J connectivity index is 3.13. The van der Waals surface area contributed by atoms with Crippen LogP contribution in [0, 0.1) is 0 Å². The molecule has 14 nitrogen and oxygen atoms in total. The van der Waals surface area contributed by atoms with Gasteiger partial charge in [0.15, 0.2) is 5.96 Å². The second-order valence-corrected chi connectivity index (χ2v) is 9.40. The van der Waals surface area contributed by atoms with Gasteiger partial charge in [-0.3, -0.25) is 19.4 Å². The van der Waals surface area contributed by atoms with E-state index in [1.54, 1.807) is 18.4 Å². The van der Waals surface area contributed by atoms with Crippen molar-refractivity contribution >= 4 is 41.4 Å². The number of carboxylic acids is 1. The summed E-state index contributed by atoms with van der Waals surface area (Å²) in [4.78, 5) is 54.1. The fourth-order valence-corrected chi connectivity index (χ4v) is 3.72. The minimum atomic E-state index is -1.28. The molecule has 1 aromatic carbocycles. The second kappa shape index (κ2) is 17.0. The van der Waals surface area contributed by atoms with Crippen LogP contribution in [-0.2, 0) is 25.6 Å². The summed E-state index contributed by atoms with van der Waals surface area (Å²) >= 11 is 1.42. The minimum Gasteiger partial charge on any atom is -0.508 e. The van der Waals surface area contributed by atoms with Crippen molar-refractivity contribution in [2.24, 2.45) is 22.2 Å². The first kappa shape index (κ1) is 32.5. The van der Waals surface area contributed by atoms with Gasteiger partial charge in [-0.2, -0.15) is 11.8 Å². The number of carbonyl (C=O) groups excluding carboxylic acids is 3. The average Bonchev–Trinajstić information content (AvgIpc) is 2.87. The van der Waals surface area contributed by atoms with Crippen molar-refractivity contribution in [3.05, 3.63) is 29.8 Å². The fraction of sp³-hybridized carbons (Fsp3) is 0.522. The van der Waals surface area contributed by atoms with Gasteiger partial charge in [0.05, 0.1) is 6.61 Å². The van der Waals surface area contributed by atoms with Crippen LogP contribution in [0.15, 0.2) is 29.3 Å². The van der Waals surface area contributed by atoms with Crippen LogP contribution in [0.25, 0.3) is 0 Å². The number of rotatable bonds is 17. The molecule has 0 aliphatic carbocycles. The number of aliphatic imine (C=N–C) groups is 1. The van der Waals surface area contributed by atoms with Crippen LogP contribution < -0.4 is 33.2 Å². The fourth-order valence-electron chi connectivity index (χ4n) is 3.25. The zero-order chi connectivity index (χ0) is 28.7. The Labute approximate surface area is 224 Å². The van der Waals surface area contributed by atoms with Crippen LogP contribution in [0.1, 0.15) is 24.8 Å². The first-order valence-electron chi connectivity index (χ1n) is 11.8. The van der Waals surface area contributed by atoms with Crippen LogP contribution in [0.3, 0.4) is 0 Å². The average molecular weight is 556 g/mol. The number of amides is 3. The highest BCUT2D eigenvalue weighted by Gasteiger charge is 2.30. The molecule has 1 rings (SSSR count). The van der Waals surface area contributed by atoms with Gasteiger partial charge in [0.25, 0.3) is 0 Å². The third-order valence-corrected chi connectivity index (χ3v) is 5.99. The van der Waals surface area contributed by atoms with E-state index in [0.29, 0.717) is 11.3 Å². The molecule has 0 aromatic heterocycles. The molecule has 0 saturated carbocycles. The molecule has 0 saturated heterocycles. The molecule has 0 aliphatic rings.